The lowest BCUT2D eigenvalue weighted by Gasteiger charge is -2.22. The van der Waals surface area contributed by atoms with Crippen LogP contribution in [0.3, 0.4) is 0 Å². The number of anilines is 3. The maximum atomic E-state index is 6.13. The number of nitrogens with one attached hydrogen (secondary N) is 2. The van der Waals surface area contributed by atoms with Crippen LogP contribution in [0.25, 0.3) is 0 Å². The second-order valence-electron chi connectivity index (χ2n) is 7.69. The average molecular weight is 345 g/mol. The van der Waals surface area contributed by atoms with E-state index in [1.54, 1.807) is 0 Å². The zero-order valence-corrected chi connectivity index (χ0v) is 15.8. The molecule has 1 fully saturated rings. The molecule has 1 aromatic heterocycles. The molecule has 1 heterocycles. The molecule has 0 aliphatic heterocycles. The number of halogens is 1. The van der Waals surface area contributed by atoms with Crippen LogP contribution in [0.2, 0.25) is 5.02 Å². The van der Waals surface area contributed by atoms with Crippen molar-refractivity contribution in [2.75, 3.05) is 10.6 Å². The molecular formula is C19H25ClN4. The molecule has 0 bridgehead atoms. The van der Waals surface area contributed by atoms with Crippen LogP contribution in [0.4, 0.5) is 17.5 Å². The number of hydrogen-bond donors (Lipinski definition) is 2. The van der Waals surface area contributed by atoms with Crippen LogP contribution in [0, 0.1) is 13.8 Å². The van der Waals surface area contributed by atoms with Crippen molar-refractivity contribution in [2.45, 2.75) is 58.9 Å². The van der Waals surface area contributed by atoms with Gasteiger partial charge in [-0.25, -0.2) is 4.98 Å². The summed E-state index contributed by atoms with van der Waals surface area (Å²) in [5.74, 6) is 2.08. The van der Waals surface area contributed by atoms with E-state index in [1.165, 1.54) is 12.8 Å². The van der Waals surface area contributed by atoms with Gasteiger partial charge in [0.2, 0.25) is 5.95 Å². The first-order valence-corrected chi connectivity index (χ1v) is 8.80. The van der Waals surface area contributed by atoms with Crippen molar-refractivity contribution in [1.29, 1.82) is 0 Å². The summed E-state index contributed by atoms with van der Waals surface area (Å²) >= 11 is 6.13. The normalized spacial score (nSPS) is 14.6. The van der Waals surface area contributed by atoms with Gasteiger partial charge < -0.3 is 10.6 Å². The van der Waals surface area contributed by atoms with Crippen molar-refractivity contribution in [3.63, 3.8) is 0 Å². The smallest absolute Gasteiger partial charge is 0.225 e. The second kappa shape index (κ2) is 6.25. The summed E-state index contributed by atoms with van der Waals surface area (Å²) in [4.78, 5) is 9.36. The van der Waals surface area contributed by atoms with Crippen LogP contribution in [-0.4, -0.2) is 15.5 Å². The predicted octanol–water partition coefficient (Wildman–Crippen LogP) is 5.58. The Hall–Kier alpha value is -1.81. The fourth-order valence-corrected chi connectivity index (χ4v) is 3.07. The molecule has 0 amide bonds. The molecule has 0 saturated heterocycles. The monoisotopic (exact) mass is 344 g/mol. The number of aromatic nitrogens is 2. The van der Waals surface area contributed by atoms with Crippen LogP contribution in [-0.2, 0) is 0 Å². The Bertz CT molecular complexity index is 737. The molecule has 5 heteroatoms. The summed E-state index contributed by atoms with van der Waals surface area (Å²) in [7, 11) is 0. The Morgan fingerprint density at radius 3 is 2.21 bits per heavy atom. The summed E-state index contributed by atoms with van der Waals surface area (Å²) in [6.07, 6.45) is 2.43. The predicted molar refractivity (Wildman–Crippen MR) is 102 cm³/mol. The van der Waals surface area contributed by atoms with E-state index in [1.807, 2.05) is 12.1 Å². The van der Waals surface area contributed by atoms with E-state index in [-0.39, 0.29) is 5.54 Å². The molecule has 1 aromatic carbocycles. The zero-order valence-electron chi connectivity index (χ0n) is 15.0. The second-order valence-corrected chi connectivity index (χ2v) is 8.13. The van der Waals surface area contributed by atoms with Gasteiger partial charge in [0.05, 0.1) is 5.69 Å². The van der Waals surface area contributed by atoms with E-state index in [2.05, 4.69) is 56.3 Å². The molecule has 2 aromatic rings. The van der Waals surface area contributed by atoms with Crippen molar-refractivity contribution >= 4 is 29.1 Å². The molecule has 0 spiro atoms. The molecule has 1 aliphatic carbocycles. The molecule has 0 unspecified atom stereocenters. The van der Waals surface area contributed by atoms with Gasteiger partial charge in [0.1, 0.15) is 5.82 Å². The minimum atomic E-state index is -0.0778. The van der Waals surface area contributed by atoms with Gasteiger partial charge in [-0.3, -0.25) is 0 Å². The van der Waals surface area contributed by atoms with Crippen molar-refractivity contribution in [2.24, 2.45) is 0 Å². The molecule has 1 saturated carbocycles. The van der Waals surface area contributed by atoms with Crippen LogP contribution >= 0.6 is 11.6 Å². The first kappa shape index (κ1) is 17.0. The lowest BCUT2D eigenvalue weighted by Crippen LogP contribution is -2.27. The molecule has 4 nitrogen and oxygen atoms in total. The SMILES string of the molecule is Cc1cc(Cl)cc(C)c1Nc1cc(C2CC2)nc(NC(C)(C)C)n1. The van der Waals surface area contributed by atoms with E-state index in [4.69, 9.17) is 16.6 Å². The van der Waals surface area contributed by atoms with Gasteiger partial charge in [0, 0.05) is 28.2 Å². The number of benzene rings is 1. The standard InChI is InChI=1S/C19H25ClN4/c1-11-8-14(20)9-12(2)17(11)22-16-10-15(13-6-7-13)21-18(23-16)24-19(3,4)5/h8-10,13H,6-7H2,1-5H3,(H2,21,22,23,24). The highest BCUT2D eigenvalue weighted by Gasteiger charge is 2.27. The van der Waals surface area contributed by atoms with E-state index < -0.39 is 0 Å². The lowest BCUT2D eigenvalue weighted by atomic mass is 10.1. The van der Waals surface area contributed by atoms with Crippen molar-refractivity contribution < 1.29 is 0 Å². The summed E-state index contributed by atoms with van der Waals surface area (Å²) in [6.45, 7) is 10.4. The molecule has 2 N–H and O–H groups in total. The van der Waals surface area contributed by atoms with Gasteiger partial charge in [0.25, 0.3) is 0 Å². The van der Waals surface area contributed by atoms with E-state index in [0.717, 1.165) is 33.3 Å². The maximum Gasteiger partial charge on any atom is 0.225 e. The van der Waals surface area contributed by atoms with E-state index in [9.17, 15) is 0 Å². The van der Waals surface area contributed by atoms with E-state index in [0.29, 0.717) is 11.9 Å². The van der Waals surface area contributed by atoms with Gasteiger partial charge in [0.15, 0.2) is 0 Å². The van der Waals surface area contributed by atoms with Crippen LogP contribution in [0.15, 0.2) is 18.2 Å². The first-order valence-electron chi connectivity index (χ1n) is 8.42. The van der Waals surface area contributed by atoms with Crippen molar-refractivity contribution in [3.8, 4) is 0 Å². The molecule has 0 atom stereocenters. The molecule has 1 aliphatic rings. The van der Waals surface area contributed by atoms with Crippen molar-refractivity contribution in [3.05, 3.63) is 40.0 Å². The number of hydrogen-bond acceptors (Lipinski definition) is 4. The van der Waals surface area contributed by atoms with Gasteiger partial charge in [-0.15, -0.1) is 0 Å². The largest absolute Gasteiger partial charge is 0.350 e. The topological polar surface area (TPSA) is 49.8 Å². The quantitative estimate of drug-likeness (QED) is 0.760. The van der Waals surface area contributed by atoms with Gasteiger partial charge >= 0.3 is 0 Å². The minimum Gasteiger partial charge on any atom is -0.350 e. The highest BCUT2D eigenvalue weighted by Crippen LogP contribution is 2.40. The highest BCUT2D eigenvalue weighted by atomic mass is 35.5. The van der Waals surface area contributed by atoms with Gasteiger partial charge in [-0.2, -0.15) is 4.98 Å². The average Bonchev–Trinajstić information content (AvgIpc) is 3.25. The number of rotatable bonds is 4. The summed E-state index contributed by atoms with van der Waals surface area (Å²) < 4.78 is 0. The molecule has 0 radical (unpaired) electrons. The third-order valence-corrected chi connectivity index (χ3v) is 4.20. The first-order chi connectivity index (χ1) is 11.2. The Balaban J connectivity index is 1.95. The Morgan fingerprint density at radius 1 is 1.04 bits per heavy atom. The highest BCUT2D eigenvalue weighted by molar-refractivity contribution is 6.30. The van der Waals surface area contributed by atoms with Gasteiger partial charge in [-0.1, -0.05) is 11.6 Å². The Kier molecular flexibility index (Phi) is 4.43. The summed E-state index contributed by atoms with van der Waals surface area (Å²) in [5.41, 5.74) is 4.31. The molecule has 128 valence electrons. The third kappa shape index (κ3) is 4.18. The summed E-state index contributed by atoms with van der Waals surface area (Å²) in [6, 6.07) is 6.00. The van der Waals surface area contributed by atoms with Gasteiger partial charge in [-0.05, 0) is 70.7 Å². The van der Waals surface area contributed by atoms with Crippen molar-refractivity contribution in [1.82, 2.24) is 9.97 Å². The van der Waals surface area contributed by atoms with Crippen LogP contribution in [0.1, 0.15) is 56.4 Å². The van der Waals surface area contributed by atoms with E-state index >= 15 is 0 Å². The fraction of sp³-hybridized carbons (Fsp3) is 0.474. The number of aryl methyl sites for hydroxylation is 2. The number of nitrogens with zero attached hydrogens (tertiary/aromatic N) is 2. The van der Waals surface area contributed by atoms with Crippen LogP contribution < -0.4 is 10.6 Å². The Morgan fingerprint density at radius 2 is 1.67 bits per heavy atom. The molecular weight excluding hydrogens is 320 g/mol. The molecule has 3 rings (SSSR count). The third-order valence-electron chi connectivity index (χ3n) is 3.98. The fourth-order valence-electron chi connectivity index (χ4n) is 2.75. The van der Waals surface area contributed by atoms with Crippen LogP contribution in [0.5, 0.6) is 0 Å². The minimum absolute atomic E-state index is 0.0778. The maximum absolute atomic E-state index is 6.13. The molecule has 24 heavy (non-hydrogen) atoms. The summed E-state index contributed by atoms with van der Waals surface area (Å²) in [5, 5.41) is 7.61. The Labute approximate surface area is 149 Å². The lowest BCUT2D eigenvalue weighted by molar-refractivity contribution is 0.625. The zero-order chi connectivity index (χ0) is 17.5.